The van der Waals surface area contributed by atoms with E-state index in [-0.39, 0.29) is 19.1 Å². The van der Waals surface area contributed by atoms with Crippen LogP contribution in [0.15, 0.2) is 24.3 Å². The number of benzene rings is 1. The van der Waals surface area contributed by atoms with Gasteiger partial charge in [0.1, 0.15) is 18.5 Å². The maximum atomic E-state index is 11.7. The summed E-state index contributed by atoms with van der Waals surface area (Å²) in [4.78, 5) is 13.5. The van der Waals surface area contributed by atoms with Crippen molar-refractivity contribution >= 4 is 17.5 Å². The van der Waals surface area contributed by atoms with Crippen LogP contribution in [0.1, 0.15) is 13.8 Å². The molecule has 1 rings (SSSR count). The summed E-state index contributed by atoms with van der Waals surface area (Å²) < 4.78 is 5.43. The Hall–Kier alpha value is -1.30. The number of likely N-dealkylation sites (N-methyl/N-ethyl adjacent to an activating group) is 1. The molecule has 0 bridgehead atoms. The second-order valence-corrected chi connectivity index (χ2v) is 5.05. The van der Waals surface area contributed by atoms with Crippen LogP contribution in [0.3, 0.4) is 0 Å². The fourth-order valence-electron chi connectivity index (χ4n) is 1.82. The van der Waals surface area contributed by atoms with E-state index >= 15 is 0 Å². The average molecular weight is 315 g/mol. The first-order chi connectivity index (χ1) is 10.1. The fourth-order valence-corrected chi connectivity index (χ4v) is 1.94. The van der Waals surface area contributed by atoms with Crippen molar-refractivity contribution in [2.75, 3.05) is 32.8 Å². The lowest BCUT2D eigenvalue weighted by Gasteiger charge is -2.19. The first kappa shape index (κ1) is 17.8. The molecular formula is C15H23ClN2O3. The van der Waals surface area contributed by atoms with Gasteiger partial charge in [0.05, 0.1) is 6.54 Å². The molecule has 1 aromatic rings. The Morgan fingerprint density at radius 1 is 1.33 bits per heavy atom. The third-order valence-electron chi connectivity index (χ3n) is 3.03. The van der Waals surface area contributed by atoms with Crippen molar-refractivity contribution in [3.05, 3.63) is 29.3 Å². The second kappa shape index (κ2) is 9.60. The first-order valence-corrected chi connectivity index (χ1v) is 7.49. The molecule has 6 heteroatoms. The highest BCUT2D eigenvalue weighted by Crippen LogP contribution is 2.15. The minimum absolute atomic E-state index is 0.0332. The third-order valence-corrected chi connectivity index (χ3v) is 3.28. The predicted molar refractivity (Wildman–Crippen MR) is 83.8 cm³/mol. The molecule has 1 atom stereocenters. The quantitative estimate of drug-likeness (QED) is 0.726. The number of amides is 1. The third kappa shape index (κ3) is 6.80. The average Bonchev–Trinajstić information content (AvgIpc) is 2.48. The van der Waals surface area contributed by atoms with E-state index in [0.29, 0.717) is 30.4 Å². The van der Waals surface area contributed by atoms with E-state index in [1.165, 1.54) is 0 Å². The number of aliphatic hydroxyl groups excluding tert-OH is 1. The van der Waals surface area contributed by atoms with Gasteiger partial charge in [0.15, 0.2) is 0 Å². The summed E-state index contributed by atoms with van der Waals surface area (Å²) in [5.74, 6) is 0.684. The standard InChI is InChI=1S/C15H23ClN2O3/c1-3-18(4-2)15(20)10-17-9-13(19)11-21-14-7-5-12(16)6-8-14/h5-8,13,17,19H,3-4,9-11H2,1-2H3. The molecule has 0 radical (unpaired) electrons. The zero-order valence-electron chi connectivity index (χ0n) is 12.5. The molecule has 0 aromatic heterocycles. The van der Waals surface area contributed by atoms with E-state index in [9.17, 15) is 9.90 Å². The summed E-state index contributed by atoms with van der Waals surface area (Å²) >= 11 is 5.77. The number of rotatable bonds is 9. The predicted octanol–water partition coefficient (Wildman–Crippen LogP) is 1.54. The molecule has 0 heterocycles. The van der Waals surface area contributed by atoms with Gasteiger partial charge < -0.3 is 20.1 Å². The van der Waals surface area contributed by atoms with Crippen LogP contribution in [-0.2, 0) is 4.79 Å². The number of nitrogens with zero attached hydrogens (tertiary/aromatic N) is 1. The highest BCUT2D eigenvalue weighted by molar-refractivity contribution is 6.30. The van der Waals surface area contributed by atoms with Gasteiger partial charge in [-0.05, 0) is 38.1 Å². The summed E-state index contributed by atoms with van der Waals surface area (Å²) in [5.41, 5.74) is 0. The lowest BCUT2D eigenvalue weighted by atomic mass is 10.3. The van der Waals surface area contributed by atoms with Gasteiger partial charge in [0, 0.05) is 24.7 Å². The van der Waals surface area contributed by atoms with Crippen molar-refractivity contribution in [3.8, 4) is 5.75 Å². The van der Waals surface area contributed by atoms with Crippen LogP contribution in [0.2, 0.25) is 5.02 Å². The molecule has 5 nitrogen and oxygen atoms in total. The van der Waals surface area contributed by atoms with E-state index in [1.807, 2.05) is 13.8 Å². The highest BCUT2D eigenvalue weighted by atomic mass is 35.5. The van der Waals surface area contributed by atoms with Crippen LogP contribution in [0.5, 0.6) is 5.75 Å². The number of halogens is 1. The number of aliphatic hydroxyl groups is 1. The lowest BCUT2D eigenvalue weighted by molar-refractivity contribution is -0.129. The van der Waals surface area contributed by atoms with Crippen LogP contribution in [0.25, 0.3) is 0 Å². The molecule has 1 amide bonds. The summed E-state index contributed by atoms with van der Waals surface area (Å²) in [7, 11) is 0. The first-order valence-electron chi connectivity index (χ1n) is 7.11. The number of carbonyl (C=O) groups is 1. The Kier molecular flexibility index (Phi) is 8.12. The lowest BCUT2D eigenvalue weighted by Crippen LogP contribution is -2.41. The molecule has 0 aliphatic heterocycles. The summed E-state index contributed by atoms with van der Waals surface area (Å²) in [5, 5.41) is 13.4. The Bertz CT molecular complexity index is 421. The van der Waals surface area contributed by atoms with Gasteiger partial charge >= 0.3 is 0 Å². The molecule has 0 fully saturated rings. The molecule has 0 saturated heterocycles. The van der Waals surface area contributed by atoms with E-state index in [2.05, 4.69) is 5.32 Å². The molecule has 1 unspecified atom stereocenters. The maximum absolute atomic E-state index is 11.7. The van der Waals surface area contributed by atoms with Gasteiger partial charge in [-0.25, -0.2) is 0 Å². The van der Waals surface area contributed by atoms with Crippen LogP contribution >= 0.6 is 11.6 Å². The van der Waals surface area contributed by atoms with Crippen LogP contribution in [-0.4, -0.2) is 54.8 Å². The summed E-state index contributed by atoms with van der Waals surface area (Å²) in [6.07, 6.45) is -0.676. The van der Waals surface area contributed by atoms with E-state index in [0.717, 1.165) is 0 Å². The van der Waals surface area contributed by atoms with Crippen LogP contribution in [0, 0.1) is 0 Å². The van der Waals surface area contributed by atoms with Crippen molar-refractivity contribution in [3.63, 3.8) is 0 Å². The van der Waals surface area contributed by atoms with Crippen LogP contribution in [0.4, 0.5) is 0 Å². The van der Waals surface area contributed by atoms with Crippen molar-refractivity contribution in [2.45, 2.75) is 20.0 Å². The molecular weight excluding hydrogens is 292 g/mol. The zero-order chi connectivity index (χ0) is 15.7. The number of hydrogen-bond acceptors (Lipinski definition) is 4. The molecule has 118 valence electrons. The van der Waals surface area contributed by atoms with Gasteiger partial charge in [0.25, 0.3) is 0 Å². The van der Waals surface area contributed by atoms with E-state index in [1.54, 1.807) is 29.2 Å². The zero-order valence-corrected chi connectivity index (χ0v) is 13.3. The number of hydrogen-bond donors (Lipinski definition) is 2. The number of ether oxygens (including phenoxy) is 1. The molecule has 0 aliphatic rings. The van der Waals surface area contributed by atoms with E-state index in [4.69, 9.17) is 16.3 Å². The normalized spacial score (nSPS) is 12.0. The second-order valence-electron chi connectivity index (χ2n) is 4.62. The summed E-state index contributed by atoms with van der Waals surface area (Å²) in [6, 6.07) is 6.94. The summed E-state index contributed by atoms with van der Waals surface area (Å²) in [6.45, 7) is 5.96. The van der Waals surface area contributed by atoms with Crippen molar-refractivity contribution in [1.29, 1.82) is 0 Å². The monoisotopic (exact) mass is 314 g/mol. The Morgan fingerprint density at radius 3 is 2.52 bits per heavy atom. The van der Waals surface area contributed by atoms with Gasteiger partial charge in [-0.15, -0.1) is 0 Å². The van der Waals surface area contributed by atoms with Gasteiger partial charge in [-0.2, -0.15) is 0 Å². The minimum Gasteiger partial charge on any atom is -0.491 e. The minimum atomic E-state index is -0.676. The van der Waals surface area contributed by atoms with Crippen molar-refractivity contribution in [2.24, 2.45) is 0 Å². The van der Waals surface area contributed by atoms with Gasteiger partial charge in [0.2, 0.25) is 5.91 Å². The van der Waals surface area contributed by atoms with Crippen LogP contribution < -0.4 is 10.1 Å². The Balaban J connectivity index is 2.20. The molecule has 0 saturated carbocycles. The SMILES string of the molecule is CCN(CC)C(=O)CNCC(O)COc1ccc(Cl)cc1. The van der Waals surface area contributed by atoms with Crippen molar-refractivity contribution < 1.29 is 14.6 Å². The number of nitrogens with one attached hydrogen (secondary N) is 1. The Labute approximate surface area is 130 Å². The number of carbonyl (C=O) groups excluding carboxylic acids is 1. The smallest absolute Gasteiger partial charge is 0.236 e. The largest absolute Gasteiger partial charge is 0.491 e. The molecule has 2 N–H and O–H groups in total. The fraction of sp³-hybridized carbons (Fsp3) is 0.533. The molecule has 1 aromatic carbocycles. The maximum Gasteiger partial charge on any atom is 0.236 e. The molecule has 0 spiro atoms. The molecule has 0 aliphatic carbocycles. The van der Waals surface area contributed by atoms with E-state index < -0.39 is 6.10 Å². The topological polar surface area (TPSA) is 61.8 Å². The van der Waals surface area contributed by atoms with Gasteiger partial charge in [-0.3, -0.25) is 4.79 Å². The van der Waals surface area contributed by atoms with Crippen molar-refractivity contribution in [1.82, 2.24) is 10.2 Å². The highest BCUT2D eigenvalue weighted by Gasteiger charge is 2.10. The van der Waals surface area contributed by atoms with Gasteiger partial charge in [-0.1, -0.05) is 11.6 Å². The Morgan fingerprint density at radius 2 is 1.95 bits per heavy atom. The molecule has 21 heavy (non-hydrogen) atoms.